The highest BCUT2D eigenvalue weighted by atomic mass is 16.5. The van der Waals surface area contributed by atoms with Gasteiger partial charge >= 0.3 is 0 Å². The normalized spacial score (nSPS) is 20.4. The number of morpholine rings is 1. The number of nitrogen functional groups attached to an aromatic ring is 1. The first kappa shape index (κ1) is 13.1. The third kappa shape index (κ3) is 3.11. The van der Waals surface area contributed by atoms with E-state index in [0.717, 1.165) is 43.3 Å². The largest absolute Gasteiger partial charge is 0.398 e. The summed E-state index contributed by atoms with van der Waals surface area (Å²) in [6.45, 7) is 5.39. The molecule has 1 saturated heterocycles. The van der Waals surface area contributed by atoms with Gasteiger partial charge in [-0.2, -0.15) is 0 Å². The van der Waals surface area contributed by atoms with E-state index >= 15 is 0 Å². The van der Waals surface area contributed by atoms with Crippen LogP contribution in [0.3, 0.4) is 0 Å². The number of anilines is 2. The molecule has 1 aliphatic heterocycles. The van der Waals surface area contributed by atoms with Crippen molar-refractivity contribution in [2.24, 2.45) is 0 Å². The molecule has 5 nitrogen and oxygen atoms in total. The van der Waals surface area contributed by atoms with E-state index in [1.165, 1.54) is 0 Å². The van der Waals surface area contributed by atoms with Crippen molar-refractivity contribution in [3.63, 3.8) is 0 Å². The quantitative estimate of drug-likeness (QED) is 0.857. The molecule has 0 bridgehead atoms. The number of ether oxygens (including phenoxy) is 1. The van der Waals surface area contributed by atoms with Crippen LogP contribution >= 0.6 is 0 Å². The maximum absolute atomic E-state index is 5.94. The van der Waals surface area contributed by atoms with Crippen LogP contribution in [-0.2, 0) is 4.74 Å². The van der Waals surface area contributed by atoms with Crippen molar-refractivity contribution in [3.8, 4) is 0 Å². The maximum atomic E-state index is 5.94. The number of rotatable bonds is 3. The van der Waals surface area contributed by atoms with Crippen molar-refractivity contribution in [2.75, 3.05) is 51.0 Å². The Kier molecular flexibility index (Phi) is 4.04. The van der Waals surface area contributed by atoms with Gasteiger partial charge < -0.3 is 20.3 Å². The van der Waals surface area contributed by atoms with Gasteiger partial charge in [-0.3, -0.25) is 0 Å². The van der Waals surface area contributed by atoms with Crippen LogP contribution in [-0.4, -0.2) is 56.3 Å². The van der Waals surface area contributed by atoms with E-state index in [4.69, 9.17) is 10.5 Å². The lowest BCUT2D eigenvalue weighted by atomic mass is 10.2. The molecule has 1 atom stereocenters. The van der Waals surface area contributed by atoms with Crippen molar-refractivity contribution in [2.45, 2.75) is 13.0 Å². The molecule has 2 rings (SSSR count). The Labute approximate surface area is 109 Å². The molecule has 18 heavy (non-hydrogen) atoms. The van der Waals surface area contributed by atoms with Crippen molar-refractivity contribution in [1.82, 2.24) is 9.88 Å². The maximum Gasteiger partial charge on any atom is 0.130 e. The lowest BCUT2D eigenvalue weighted by molar-refractivity contribution is 0.0245. The van der Waals surface area contributed by atoms with Crippen molar-refractivity contribution in [3.05, 3.63) is 17.8 Å². The number of hydrogen-bond acceptors (Lipinski definition) is 5. The summed E-state index contributed by atoms with van der Waals surface area (Å²) in [6.07, 6.45) is 2.07. The van der Waals surface area contributed by atoms with Gasteiger partial charge in [-0.05, 0) is 26.6 Å². The van der Waals surface area contributed by atoms with Crippen LogP contribution in [0.1, 0.15) is 5.56 Å². The minimum atomic E-state index is 0.234. The summed E-state index contributed by atoms with van der Waals surface area (Å²) in [5.41, 5.74) is 7.76. The van der Waals surface area contributed by atoms with Gasteiger partial charge in [0.1, 0.15) is 5.82 Å². The molecule has 1 unspecified atom stereocenters. The summed E-state index contributed by atoms with van der Waals surface area (Å²) in [5.74, 6) is 0.949. The summed E-state index contributed by atoms with van der Waals surface area (Å²) >= 11 is 0. The van der Waals surface area contributed by atoms with Gasteiger partial charge in [-0.1, -0.05) is 0 Å². The summed E-state index contributed by atoms with van der Waals surface area (Å²) < 4.78 is 5.75. The van der Waals surface area contributed by atoms with Gasteiger partial charge in [0.2, 0.25) is 0 Å². The van der Waals surface area contributed by atoms with Crippen LogP contribution in [0, 0.1) is 6.92 Å². The highest BCUT2D eigenvalue weighted by Crippen LogP contribution is 2.20. The lowest BCUT2D eigenvalue weighted by Gasteiger charge is -2.35. The standard InChI is InChI=1S/C13H22N4O/c1-10-7-15-13(6-12(10)14)17-4-5-18-11(9-17)8-16(2)3/h6-7,11H,4-5,8-9H2,1-3H3,(H2,14,15). The predicted octanol–water partition coefficient (Wildman–Crippen LogP) is 0.739. The number of nitrogens with two attached hydrogens (primary N) is 1. The second-order valence-electron chi connectivity index (χ2n) is 5.10. The number of pyridine rings is 1. The molecule has 0 spiro atoms. The highest BCUT2D eigenvalue weighted by molar-refractivity contribution is 5.54. The molecule has 1 fully saturated rings. The molecule has 2 heterocycles. The van der Waals surface area contributed by atoms with E-state index in [1.807, 2.05) is 19.2 Å². The van der Waals surface area contributed by atoms with Gasteiger partial charge in [0.25, 0.3) is 0 Å². The fraction of sp³-hybridized carbons (Fsp3) is 0.615. The van der Waals surface area contributed by atoms with Crippen LogP contribution in [0.25, 0.3) is 0 Å². The minimum Gasteiger partial charge on any atom is -0.398 e. The third-order valence-electron chi connectivity index (χ3n) is 3.16. The fourth-order valence-corrected chi connectivity index (χ4v) is 2.15. The van der Waals surface area contributed by atoms with Crippen LogP contribution in [0.2, 0.25) is 0 Å². The smallest absolute Gasteiger partial charge is 0.130 e. The predicted molar refractivity (Wildman–Crippen MR) is 73.9 cm³/mol. The zero-order valence-corrected chi connectivity index (χ0v) is 11.4. The van der Waals surface area contributed by atoms with Crippen molar-refractivity contribution >= 4 is 11.5 Å². The van der Waals surface area contributed by atoms with Crippen molar-refractivity contribution in [1.29, 1.82) is 0 Å². The van der Waals surface area contributed by atoms with Gasteiger partial charge in [-0.25, -0.2) is 4.98 Å². The van der Waals surface area contributed by atoms with Gasteiger partial charge in [0, 0.05) is 37.6 Å². The molecule has 5 heteroatoms. The molecule has 2 N–H and O–H groups in total. The lowest BCUT2D eigenvalue weighted by Crippen LogP contribution is -2.46. The zero-order valence-electron chi connectivity index (χ0n) is 11.4. The topological polar surface area (TPSA) is 54.6 Å². The fourth-order valence-electron chi connectivity index (χ4n) is 2.15. The number of aryl methyl sites for hydroxylation is 1. The average molecular weight is 250 g/mol. The first-order chi connectivity index (χ1) is 8.56. The molecular weight excluding hydrogens is 228 g/mol. The summed E-state index contributed by atoms with van der Waals surface area (Å²) in [6, 6.07) is 1.95. The van der Waals surface area contributed by atoms with E-state index in [0.29, 0.717) is 0 Å². The number of nitrogens with zero attached hydrogens (tertiary/aromatic N) is 3. The van der Waals surface area contributed by atoms with Gasteiger partial charge in [0.05, 0.1) is 12.7 Å². The first-order valence-electron chi connectivity index (χ1n) is 6.29. The molecule has 0 aromatic carbocycles. The summed E-state index contributed by atoms with van der Waals surface area (Å²) in [7, 11) is 4.12. The Morgan fingerprint density at radius 3 is 3.00 bits per heavy atom. The van der Waals surface area contributed by atoms with Crippen molar-refractivity contribution < 1.29 is 4.74 Å². The third-order valence-corrected chi connectivity index (χ3v) is 3.16. The number of likely N-dealkylation sites (N-methyl/N-ethyl adjacent to an activating group) is 1. The minimum absolute atomic E-state index is 0.234. The summed E-state index contributed by atoms with van der Waals surface area (Å²) in [4.78, 5) is 8.84. The first-order valence-corrected chi connectivity index (χ1v) is 6.29. The zero-order chi connectivity index (χ0) is 13.1. The molecule has 1 aromatic heterocycles. The SMILES string of the molecule is Cc1cnc(N2CCOC(CN(C)C)C2)cc1N. The van der Waals surface area contributed by atoms with E-state index < -0.39 is 0 Å². The summed E-state index contributed by atoms with van der Waals surface area (Å²) in [5, 5.41) is 0. The Morgan fingerprint density at radius 1 is 1.56 bits per heavy atom. The molecule has 1 aromatic rings. The van der Waals surface area contributed by atoms with E-state index in [9.17, 15) is 0 Å². The Hall–Kier alpha value is -1.33. The molecule has 0 saturated carbocycles. The molecule has 100 valence electrons. The monoisotopic (exact) mass is 250 g/mol. The van der Waals surface area contributed by atoms with Crippen LogP contribution in [0.15, 0.2) is 12.3 Å². The van der Waals surface area contributed by atoms with Gasteiger partial charge in [0.15, 0.2) is 0 Å². The number of hydrogen-bond donors (Lipinski definition) is 1. The van der Waals surface area contributed by atoms with E-state index in [-0.39, 0.29) is 6.10 Å². The second-order valence-corrected chi connectivity index (χ2v) is 5.10. The van der Waals surface area contributed by atoms with Crippen LogP contribution in [0.5, 0.6) is 0 Å². The van der Waals surface area contributed by atoms with E-state index in [1.54, 1.807) is 0 Å². The Morgan fingerprint density at radius 2 is 2.33 bits per heavy atom. The molecular formula is C13H22N4O. The van der Waals surface area contributed by atoms with Crippen LogP contribution < -0.4 is 10.6 Å². The Balaban J connectivity index is 2.05. The van der Waals surface area contributed by atoms with Gasteiger partial charge in [-0.15, -0.1) is 0 Å². The van der Waals surface area contributed by atoms with Crippen LogP contribution in [0.4, 0.5) is 11.5 Å². The van der Waals surface area contributed by atoms with E-state index in [2.05, 4.69) is 28.9 Å². The molecule has 1 aliphatic rings. The number of aromatic nitrogens is 1. The molecule has 0 radical (unpaired) electrons. The second kappa shape index (κ2) is 5.54. The Bertz CT molecular complexity index is 408. The molecule has 0 aliphatic carbocycles. The molecule has 0 amide bonds. The average Bonchev–Trinajstić information content (AvgIpc) is 2.32. The highest BCUT2D eigenvalue weighted by Gasteiger charge is 2.22.